The molecule has 0 fully saturated rings. The van der Waals surface area contributed by atoms with Crippen LogP contribution in [0.1, 0.15) is 44.0 Å². The largest absolute Gasteiger partial charge is 0.458 e. The van der Waals surface area contributed by atoms with Crippen LogP contribution in [0.25, 0.3) is 0 Å². The molecule has 0 radical (unpaired) electrons. The van der Waals surface area contributed by atoms with Crippen molar-refractivity contribution < 1.29 is 14.0 Å². The summed E-state index contributed by atoms with van der Waals surface area (Å²) < 4.78 is 11.8. The Morgan fingerprint density at radius 3 is 2.39 bits per heavy atom. The lowest BCUT2D eigenvalue weighted by Gasteiger charge is -2.36. The molecule has 1 unspecified atom stereocenters. The van der Waals surface area contributed by atoms with Gasteiger partial charge in [-0.3, -0.25) is 0 Å². The first-order chi connectivity index (χ1) is 10.7. The standard InChI is InChI=1S/C19H30O3Si/c1-7-11-17(14-15-21-23(5,6)19(2,3)4)22-18(20)16-12-9-8-10-13-16/h7-10,12-13,17H,1,11,14-15H2,2-6H3. The van der Waals surface area contributed by atoms with Crippen molar-refractivity contribution in [3.63, 3.8) is 0 Å². The van der Waals surface area contributed by atoms with Crippen LogP contribution in [0.15, 0.2) is 43.0 Å². The van der Waals surface area contributed by atoms with Crippen LogP contribution < -0.4 is 0 Å². The number of hydrogen-bond acceptors (Lipinski definition) is 3. The first-order valence-electron chi connectivity index (χ1n) is 8.18. The van der Waals surface area contributed by atoms with E-state index in [0.717, 1.165) is 0 Å². The van der Waals surface area contributed by atoms with E-state index in [2.05, 4.69) is 40.4 Å². The highest BCUT2D eigenvalue weighted by Crippen LogP contribution is 2.36. The van der Waals surface area contributed by atoms with Crippen LogP contribution in [0.3, 0.4) is 0 Å². The highest BCUT2D eigenvalue weighted by molar-refractivity contribution is 6.74. The summed E-state index contributed by atoms with van der Waals surface area (Å²) in [7, 11) is -1.76. The lowest BCUT2D eigenvalue weighted by molar-refractivity contribution is 0.0255. The van der Waals surface area contributed by atoms with Gasteiger partial charge in [0.2, 0.25) is 0 Å². The van der Waals surface area contributed by atoms with E-state index in [1.165, 1.54) is 0 Å². The molecule has 0 heterocycles. The highest BCUT2D eigenvalue weighted by atomic mass is 28.4. The fourth-order valence-corrected chi connectivity index (χ4v) is 2.93. The zero-order chi connectivity index (χ0) is 17.5. The maximum Gasteiger partial charge on any atom is 0.338 e. The van der Waals surface area contributed by atoms with Crippen LogP contribution in [0.5, 0.6) is 0 Å². The van der Waals surface area contributed by atoms with Crippen molar-refractivity contribution in [2.24, 2.45) is 0 Å². The number of benzene rings is 1. The van der Waals surface area contributed by atoms with E-state index >= 15 is 0 Å². The Morgan fingerprint density at radius 1 is 1.26 bits per heavy atom. The number of carbonyl (C=O) groups is 1. The fraction of sp³-hybridized carbons (Fsp3) is 0.526. The normalized spacial score (nSPS) is 13.4. The average molecular weight is 335 g/mol. The van der Waals surface area contributed by atoms with Gasteiger partial charge in [0.05, 0.1) is 5.56 Å². The first kappa shape index (κ1) is 19.7. The summed E-state index contributed by atoms with van der Waals surface area (Å²) in [6, 6.07) is 9.07. The van der Waals surface area contributed by atoms with Crippen LogP contribution in [0.2, 0.25) is 18.1 Å². The fourth-order valence-electron chi connectivity index (χ4n) is 1.87. The molecule has 0 aliphatic rings. The summed E-state index contributed by atoms with van der Waals surface area (Å²) in [5.41, 5.74) is 0.576. The average Bonchev–Trinajstić information content (AvgIpc) is 2.47. The first-order valence-corrected chi connectivity index (χ1v) is 11.1. The molecule has 0 aliphatic heterocycles. The minimum absolute atomic E-state index is 0.182. The third kappa shape index (κ3) is 6.32. The minimum atomic E-state index is -1.76. The van der Waals surface area contributed by atoms with E-state index in [0.29, 0.717) is 25.0 Å². The molecule has 4 heteroatoms. The molecule has 1 rings (SSSR count). The molecule has 1 aromatic rings. The molecule has 23 heavy (non-hydrogen) atoms. The number of ether oxygens (including phenoxy) is 1. The van der Waals surface area contributed by atoms with E-state index in [1.807, 2.05) is 18.2 Å². The van der Waals surface area contributed by atoms with Crippen molar-refractivity contribution >= 4 is 14.3 Å². The van der Waals surface area contributed by atoms with Gasteiger partial charge < -0.3 is 9.16 Å². The molecule has 0 aliphatic carbocycles. The smallest absolute Gasteiger partial charge is 0.338 e. The molecule has 128 valence electrons. The Hall–Kier alpha value is -1.39. The van der Waals surface area contributed by atoms with Crippen molar-refractivity contribution in [3.05, 3.63) is 48.6 Å². The minimum Gasteiger partial charge on any atom is -0.458 e. The number of rotatable bonds is 8. The quantitative estimate of drug-likeness (QED) is 0.372. The van der Waals surface area contributed by atoms with Gasteiger partial charge in [-0.2, -0.15) is 0 Å². The highest BCUT2D eigenvalue weighted by Gasteiger charge is 2.37. The zero-order valence-corrected chi connectivity index (χ0v) is 16.1. The number of carbonyl (C=O) groups excluding carboxylic acids is 1. The van der Waals surface area contributed by atoms with Crippen LogP contribution in [0.4, 0.5) is 0 Å². The lowest BCUT2D eigenvalue weighted by atomic mass is 10.2. The van der Waals surface area contributed by atoms with Gasteiger partial charge >= 0.3 is 5.97 Å². The summed E-state index contributed by atoms with van der Waals surface area (Å²) in [5, 5.41) is 0.182. The maximum atomic E-state index is 12.2. The summed E-state index contributed by atoms with van der Waals surface area (Å²) in [4.78, 5) is 12.2. The van der Waals surface area contributed by atoms with Crippen LogP contribution in [0, 0.1) is 0 Å². The molecular weight excluding hydrogens is 304 g/mol. The van der Waals surface area contributed by atoms with Gasteiger partial charge in [-0.15, -0.1) is 6.58 Å². The molecule has 0 spiro atoms. The predicted octanol–water partition coefficient (Wildman–Crippen LogP) is 5.20. The predicted molar refractivity (Wildman–Crippen MR) is 98.2 cm³/mol. The third-order valence-electron chi connectivity index (χ3n) is 4.42. The molecular formula is C19H30O3Si. The molecule has 0 aromatic heterocycles. The summed E-state index contributed by atoms with van der Waals surface area (Å²) in [6.07, 6.45) is 2.93. The molecule has 0 saturated heterocycles. The topological polar surface area (TPSA) is 35.5 Å². The lowest BCUT2D eigenvalue weighted by Crippen LogP contribution is -2.41. The zero-order valence-electron chi connectivity index (χ0n) is 15.1. The number of esters is 1. The molecule has 3 nitrogen and oxygen atoms in total. The van der Waals surface area contributed by atoms with E-state index < -0.39 is 8.32 Å². The van der Waals surface area contributed by atoms with Gasteiger partial charge in [0.25, 0.3) is 0 Å². The maximum absolute atomic E-state index is 12.2. The van der Waals surface area contributed by atoms with Gasteiger partial charge in [-0.05, 0) is 30.3 Å². The van der Waals surface area contributed by atoms with E-state index in [1.54, 1.807) is 18.2 Å². The second-order valence-electron chi connectivity index (χ2n) is 7.32. The van der Waals surface area contributed by atoms with Gasteiger partial charge in [0.1, 0.15) is 6.10 Å². The van der Waals surface area contributed by atoms with Crippen molar-refractivity contribution in [3.8, 4) is 0 Å². The summed E-state index contributed by atoms with van der Waals surface area (Å²) >= 11 is 0. The van der Waals surface area contributed by atoms with Crippen molar-refractivity contribution in [1.29, 1.82) is 0 Å². The Bertz CT molecular complexity index is 503. The molecule has 0 saturated carbocycles. The van der Waals surface area contributed by atoms with Gasteiger partial charge in [0.15, 0.2) is 8.32 Å². The Labute approximate surface area is 141 Å². The van der Waals surface area contributed by atoms with Gasteiger partial charge in [-0.25, -0.2) is 4.79 Å². The Morgan fingerprint density at radius 2 is 1.87 bits per heavy atom. The molecule has 0 amide bonds. The Balaban J connectivity index is 2.56. The molecule has 1 atom stereocenters. The summed E-state index contributed by atoms with van der Waals surface area (Å²) in [5.74, 6) is -0.287. The number of hydrogen-bond donors (Lipinski definition) is 0. The SMILES string of the molecule is C=CCC(CCO[Si](C)(C)C(C)(C)C)OC(=O)c1ccccc1. The van der Waals surface area contributed by atoms with Gasteiger partial charge in [-0.1, -0.05) is 45.0 Å². The monoisotopic (exact) mass is 334 g/mol. The second kappa shape index (κ2) is 8.46. The van der Waals surface area contributed by atoms with Gasteiger partial charge in [0, 0.05) is 19.4 Å². The second-order valence-corrected chi connectivity index (χ2v) is 12.1. The third-order valence-corrected chi connectivity index (χ3v) is 8.96. The summed E-state index contributed by atoms with van der Waals surface area (Å²) in [6.45, 7) is 15.5. The molecule has 1 aromatic carbocycles. The van der Waals surface area contributed by atoms with Crippen molar-refractivity contribution in [2.45, 2.75) is 57.8 Å². The van der Waals surface area contributed by atoms with E-state index in [4.69, 9.17) is 9.16 Å². The Kier molecular flexibility index (Phi) is 7.23. The van der Waals surface area contributed by atoms with Crippen LogP contribution >= 0.6 is 0 Å². The van der Waals surface area contributed by atoms with Crippen molar-refractivity contribution in [1.82, 2.24) is 0 Å². The van der Waals surface area contributed by atoms with Crippen LogP contribution in [-0.4, -0.2) is 27.0 Å². The van der Waals surface area contributed by atoms with E-state index in [9.17, 15) is 4.79 Å². The molecule has 0 N–H and O–H groups in total. The van der Waals surface area contributed by atoms with E-state index in [-0.39, 0.29) is 17.1 Å². The van der Waals surface area contributed by atoms with Crippen LogP contribution in [-0.2, 0) is 9.16 Å². The molecule has 0 bridgehead atoms. The van der Waals surface area contributed by atoms with Crippen molar-refractivity contribution in [2.75, 3.05) is 6.61 Å².